The molecule has 1 aliphatic heterocycles. The van der Waals surface area contributed by atoms with E-state index in [-0.39, 0.29) is 27.5 Å². The van der Waals surface area contributed by atoms with Gasteiger partial charge in [0.25, 0.3) is 10.0 Å². The number of nitrogens with zero attached hydrogens (tertiary/aromatic N) is 1. The fourth-order valence-electron chi connectivity index (χ4n) is 2.87. The highest BCUT2D eigenvalue weighted by molar-refractivity contribution is 7.89. The van der Waals surface area contributed by atoms with E-state index in [4.69, 9.17) is 14.2 Å². The SMILES string of the molecule is COC(=O)C1=C(OC(=O)c2ccccc2OC(C)=O)c2ccccc2S(=O)(=O)N1C. The van der Waals surface area contributed by atoms with Crippen molar-refractivity contribution in [1.29, 1.82) is 0 Å². The highest BCUT2D eigenvalue weighted by atomic mass is 32.2. The molecule has 0 bridgehead atoms. The summed E-state index contributed by atoms with van der Waals surface area (Å²) in [5, 5.41) is 0. The predicted molar refractivity (Wildman–Crippen MR) is 103 cm³/mol. The molecule has 0 fully saturated rings. The Bertz CT molecular complexity index is 1180. The number of fused-ring (bicyclic) bond motifs is 1. The summed E-state index contributed by atoms with van der Waals surface area (Å²) >= 11 is 0. The predicted octanol–water partition coefficient (Wildman–Crippen LogP) is 1.94. The van der Waals surface area contributed by atoms with Crippen molar-refractivity contribution in [2.75, 3.05) is 14.2 Å². The van der Waals surface area contributed by atoms with Gasteiger partial charge in [0.2, 0.25) is 0 Å². The van der Waals surface area contributed by atoms with Crippen molar-refractivity contribution >= 4 is 33.7 Å². The Labute approximate surface area is 172 Å². The molecule has 0 saturated carbocycles. The molecule has 2 aromatic carbocycles. The molecule has 0 aromatic heterocycles. The number of hydrogen-bond donors (Lipinski definition) is 0. The van der Waals surface area contributed by atoms with Crippen LogP contribution in [0.3, 0.4) is 0 Å². The number of sulfonamides is 1. The van der Waals surface area contributed by atoms with Crippen molar-refractivity contribution in [1.82, 2.24) is 4.31 Å². The van der Waals surface area contributed by atoms with Crippen molar-refractivity contribution in [3.63, 3.8) is 0 Å². The first-order chi connectivity index (χ1) is 14.2. The maximum absolute atomic E-state index is 12.9. The largest absolute Gasteiger partial charge is 0.464 e. The number of ether oxygens (including phenoxy) is 3. The summed E-state index contributed by atoms with van der Waals surface area (Å²) < 4.78 is 41.5. The van der Waals surface area contributed by atoms with Crippen LogP contribution in [0.5, 0.6) is 5.75 Å². The lowest BCUT2D eigenvalue weighted by Gasteiger charge is -2.29. The lowest BCUT2D eigenvalue weighted by molar-refractivity contribution is -0.137. The van der Waals surface area contributed by atoms with E-state index in [0.717, 1.165) is 14.2 Å². The summed E-state index contributed by atoms with van der Waals surface area (Å²) in [4.78, 5) is 36.4. The molecule has 9 nitrogen and oxygen atoms in total. The van der Waals surface area contributed by atoms with E-state index in [0.29, 0.717) is 4.31 Å². The molecule has 30 heavy (non-hydrogen) atoms. The Hall–Kier alpha value is -3.66. The lowest BCUT2D eigenvalue weighted by Crippen LogP contribution is -2.36. The average molecular weight is 431 g/mol. The van der Waals surface area contributed by atoms with Gasteiger partial charge in [-0.1, -0.05) is 24.3 Å². The topological polar surface area (TPSA) is 116 Å². The van der Waals surface area contributed by atoms with Crippen LogP contribution >= 0.6 is 0 Å². The fourth-order valence-corrected chi connectivity index (χ4v) is 4.25. The Balaban J connectivity index is 2.16. The van der Waals surface area contributed by atoms with Gasteiger partial charge < -0.3 is 14.2 Å². The molecule has 156 valence electrons. The van der Waals surface area contributed by atoms with Crippen LogP contribution in [0.4, 0.5) is 0 Å². The van der Waals surface area contributed by atoms with Crippen LogP contribution < -0.4 is 4.74 Å². The van der Waals surface area contributed by atoms with Crippen LogP contribution in [0.2, 0.25) is 0 Å². The molecule has 0 spiro atoms. The molecule has 0 aliphatic carbocycles. The molecule has 2 aromatic rings. The van der Waals surface area contributed by atoms with Crippen molar-refractivity contribution in [2.24, 2.45) is 0 Å². The van der Waals surface area contributed by atoms with Crippen molar-refractivity contribution < 1.29 is 37.0 Å². The molecule has 1 aliphatic rings. The molecular formula is C20H17NO8S. The van der Waals surface area contributed by atoms with E-state index >= 15 is 0 Å². The summed E-state index contributed by atoms with van der Waals surface area (Å²) in [6.45, 7) is 1.18. The molecular weight excluding hydrogens is 414 g/mol. The van der Waals surface area contributed by atoms with Gasteiger partial charge in [0.05, 0.1) is 12.0 Å². The van der Waals surface area contributed by atoms with Gasteiger partial charge in [-0.05, 0) is 24.3 Å². The zero-order chi connectivity index (χ0) is 22.1. The van der Waals surface area contributed by atoms with Crippen molar-refractivity contribution in [2.45, 2.75) is 11.8 Å². The van der Waals surface area contributed by atoms with Gasteiger partial charge in [-0.3, -0.25) is 9.10 Å². The minimum atomic E-state index is -4.07. The molecule has 10 heteroatoms. The Kier molecular flexibility index (Phi) is 5.61. The van der Waals surface area contributed by atoms with Gasteiger partial charge >= 0.3 is 17.9 Å². The average Bonchev–Trinajstić information content (AvgIpc) is 2.71. The van der Waals surface area contributed by atoms with Crippen LogP contribution in [0.15, 0.2) is 59.1 Å². The molecule has 0 unspecified atom stereocenters. The third-order valence-electron chi connectivity index (χ3n) is 4.23. The van der Waals surface area contributed by atoms with Crippen LogP contribution in [0, 0.1) is 0 Å². The number of likely N-dealkylation sites (N-methyl/N-ethyl adjacent to an activating group) is 1. The minimum absolute atomic E-state index is 0.0225. The monoisotopic (exact) mass is 431 g/mol. The van der Waals surface area contributed by atoms with Crippen LogP contribution in [-0.4, -0.2) is 44.8 Å². The highest BCUT2D eigenvalue weighted by Crippen LogP contribution is 2.37. The van der Waals surface area contributed by atoms with E-state index in [1.54, 1.807) is 6.07 Å². The maximum atomic E-state index is 12.9. The normalized spacial score (nSPS) is 14.6. The number of para-hydroxylation sites is 1. The third-order valence-corrected chi connectivity index (χ3v) is 6.05. The van der Waals surface area contributed by atoms with Crippen molar-refractivity contribution in [3.8, 4) is 5.75 Å². The first-order valence-corrected chi connectivity index (χ1v) is 10.0. The van der Waals surface area contributed by atoms with Crippen molar-refractivity contribution in [3.05, 3.63) is 65.4 Å². The summed E-state index contributed by atoms with van der Waals surface area (Å²) in [6.07, 6.45) is 0. The van der Waals surface area contributed by atoms with Gasteiger partial charge in [-0.2, -0.15) is 0 Å². The summed E-state index contributed by atoms with van der Waals surface area (Å²) in [7, 11) is -1.84. The molecule has 0 N–H and O–H groups in total. The number of carbonyl (C=O) groups excluding carboxylic acids is 3. The van der Waals surface area contributed by atoms with E-state index in [1.807, 2.05) is 0 Å². The number of methoxy groups -OCH3 is 1. The number of hydrogen-bond acceptors (Lipinski definition) is 8. The Morgan fingerprint density at radius 3 is 2.20 bits per heavy atom. The number of esters is 3. The van der Waals surface area contributed by atoms with E-state index in [2.05, 4.69) is 0 Å². The van der Waals surface area contributed by atoms with Gasteiger partial charge in [-0.25, -0.2) is 18.0 Å². The third kappa shape index (κ3) is 3.64. The quantitative estimate of drug-likeness (QED) is 0.533. The van der Waals surface area contributed by atoms with E-state index in [9.17, 15) is 22.8 Å². The molecule has 0 radical (unpaired) electrons. The zero-order valence-electron chi connectivity index (χ0n) is 16.2. The molecule has 0 saturated heterocycles. The fraction of sp³-hybridized carbons (Fsp3) is 0.150. The number of benzene rings is 2. The summed E-state index contributed by atoms with van der Waals surface area (Å²) in [5.74, 6) is -2.94. The smallest absolute Gasteiger partial charge is 0.359 e. The van der Waals surface area contributed by atoms with Gasteiger partial charge in [0.15, 0.2) is 11.5 Å². The Morgan fingerprint density at radius 1 is 0.900 bits per heavy atom. The number of rotatable bonds is 4. The maximum Gasteiger partial charge on any atom is 0.359 e. The van der Waals surface area contributed by atoms with Gasteiger partial charge in [0.1, 0.15) is 11.3 Å². The molecule has 0 atom stereocenters. The van der Waals surface area contributed by atoms with Gasteiger partial charge in [-0.15, -0.1) is 0 Å². The molecule has 1 heterocycles. The zero-order valence-corrected chi connectivity index (χ0v) is 17.1. The van der Waals surface area contributed by atoms with E-state index in [1.165, 1.54) is 49.4 Å². The second-order valence-corrected chi connectivity index (χ2v) is 8.06. The van der Waals surface area contributed by atoms with Crippen LogP contribution in [0.25, 0.3) is 5.76 Å². The highest BCUT2D eigenvalue weighted by Gasteiger charge is 2.40. The first kappa shape index (κ1) is 21.1. The standard InChI is InChI=1S/C20H17NO8S/c1-12(22)28-15-10-6-4-8-13(15)19(23)29-18-14-9-5-7-11-16(14)30(25,26)21(2)17(18)20(24)27-3/h4-11H,1-3H3. The van der Waals surface area contributed by atoms with E-state index < -0.39 is 33.6 Å². The van der Waals surface area contributed by atoms with Crippen LogP contribution in [-0.2, 0) is 29.1 Å². The first-order valence-electron chi connectivity index (χ1n) is 8.59. The molecule has 3 rings (SSSR count). The second kappa shape index (κ2) is 7.99. The lowest BCUT2D eigenvalue weighted by atomic mass is 10.1. The minimum Gasteiger partial charge on any atom is -0.464 e. The van der Waals surface area contributed by atoms with Crippen LogP contribution in [0.1, 0.15) is 22.8 Å². The van der Waals surface area contributed by atoms with Gasteiger partial charge in [0, 0.05) is 19.5 Å². The summed E-state index contributed by atoms with van der Waals surface area (Å²) in [6, 6.07) is 11.6. The number of carbonyl (C=O) groups is 3. The second-order valence-electron chi connectivity index (χ2n) is 6.12. The summed E-state index contributed by atoms with van der Waals surface area (Å²) in [5.41, 5.74) is -0.526. The molecule has 0 amide bonds. The Morgan fingerprint density at radius 2 is 1.53 bits per heavy atom.